The highest BCUT2D eigenvalue weighted by molar-refractivity contribution is 6.16. The number of nitrogens with zero attached hydrogens (tertiary/aromatic N) is 2. The Kier molecular flexibility index (Phi) is 3.49. The van der Waals surface area contributed by atoms with E-state index in [9.17, 15) is 4.79 Å². The molecule has 0 aliphatic carbocycles. The number of amides is 1. The van der Waals surface area contributed by atoms with Gasteiger partial charge in [-0.25, -0.2) is 15.8 Å². The Balaban J connectivity index is 1.87. The van der Waals surface area contributed by atoms with Crippen LogP contribution in [0.5, 0.6) is 0 Å². The maximum atomic E-state index is 12.1. The lowest BCUT2D eigenvalue weighted by Crippen LogP contribution is -2.42. The number of carbonyl (C=O) groups is 1. The lowest BCUT2D eigenvalue weighted by atomic mass is 10.2. The van der Waals surface area contributed by atoms with E-state index in [0.717, 1.165) is 16.3 Å². The van der Waals surface area contributed by atoms with Crippen molar-refractivity contribution in [2.45, 2.75) is 0 Å². The van der Waals surface area contributed by atoms with Crippen molar-refractivity contribution in [2.24, 2.45) is 10.8 Å². The minimum atomic E-state index is -0.336. The fourth-order valence-electron chi connectivity index (χ4n) is 1.98. The Morgan fingerprint density at radius 2 is 1.62 bits per heavy atom. The molecule has 1 heterocycles. The second kappa shape index (κ2) is 5.60. The Bertz CT molecular complexity index is 708. The summed E-state index contributed by atoms with van der Waals surface area (Å²) in [6, 6.07) is 19.0. The number of hydrazine groups is 1. The van der Waals surface area contributed by atoms with Crippen molar-refractivity contribution in [3.63, 3.8) is 0 Å². The molecule has 0 saturated carbocycles. The van der Waals surface area contributed by atoms with E-state index in [0.29, 0.717) is 11.7 Å². The Labute approximate surface area is 122 Å². The summed E-state index contributed by atoms with van der Waals surface area (Å²) >= 11 is 0. The summed E-state index contributed by atoms with van der Waals surface area (Å²) in [5.41, 5.74) is 2.03. The van der Waals surface area contributed by atoms with Crippen LogP contribution < -0.4 is 11.2 Å². The zero-order valence-electron chi connectivity index (χ0n) is 11.2. The molecule has 1 aliphatic heterocycles. The Morgan fingerprint density at radius 1 is 1.00 bits per heavy atom. The van der Waals surface area contributed by atoms with E-state index in [1.165, 1.54) is 0 Å². The molecule has 0 radical (unpaired) electrons. The molecule has 0 saturated heterocycles. The standard InChI is InChI=1S/C16H14N4O/c17-20-15(21)14(11-12-7-3-1-4-8-12)19-16(20)18-13-9-5-2-6-10-13/h1-11H,17H2,(H,18,19)/b14-11+. The zero-order valence-corrected chi connectivity index (χ0v) is 11.2. The lowest BCUT2D eigenvalue weighted by molar-refractivity contribution is -0.122. The first-order valence-corrected chi connectivity index (χ1v) is 6.51. The molecule has 0 aromatic heterocycles. The maximum Gasteiger partial charge on any atom is 0.293 e. The van der Waals surface area contributed by atoms with E-state index in [1.54, 1.807) is 6.08 Å². The summed E-state index contributed by atoms with van der Waals surface area (Å²) in [6.45, 7) is 0. The van der Waals surface area contributed by atoms with Crippen molar-refractivity contribution in [2.75, 3.05) is 5.32 Å². The first kappa shape index (κ1) is 13.1. The number of rotatable bonds is 2. The van der Waals surface area contributed by atoms with E-state index in [4.69, 9.17) is 5.84 Å². The molecular weight excluding hydrogens is 264 g/mol. The fourth-order valence-corrected chi connectivity index (χ4v) is 1.98. The lowest BCUT2D eigenvalue weighted by Gasteiger charge is -2.12. The van der Waals surface area contributed by atoms with Crippen LogP contribution >= 0.6 is 0 Å². The molecule has 3 N–H and O–H groups in total. The molecule has 0 fully saturated rings. The molecule has 21 heavy (non-hydrogen) atoms. The Hall–Kier alpha value is -2.92. The minimum absolute atomic E-state index is 0.308. The van der Waals surface area contributed by atoms with Gasteiger partial charge in [-0.05, 0) is 23.8 Å². The predicted octanol–water partition coefficient (Wildman–Crippen LogP) is 2.21. The van der Waals surface area contributed by atoms with E-state index in [1.807, 2.05) is 60.7 Å². The van der Waals surface area contributed by atoms with Crippen molar-refractivity contribution >= 4 is 23.6 Å². The second-order valence-electron chi connectivity index (χ2n) is 4.54. The zero-order chi connectivity index (χ0) is 14.7. The minimum Gasteiger partial charge on any atom is -0.324 e. The molecular formula is C16H14N4O. The van der Waals surface area contributed by atoms with Crippen LogP contribution in [-0.2, 0) is 4.79 Å². The second-order valence-corrected chi connectivity index (χ2v) is 4.54. The normalized spacial score (nSPS) is 16.2. The summed E-state index contributed by atoms with van der Waals surface area (Å²) < 4.78 is 0. The van der Waals surface area contributed by atoms with Crippen molar-refractivity contribution < 1.29 is 4.79 Å². The molecule has 5 heteroatoms. The van der Waals surface area contributed by atoms with Gasteiger partial charge in [0.25, 0.3) is 5.91 Å². The van der Waals surface area contributed by atoms with Crippen molar-refractivity contribution in [3.05, 3.63) is 71.9 Å². The molecule has 3 rings (SSSR count). The highest BCUT2D eigenvalue weighted by atomic mass is 16.2. The third-order valence-corrected chi connectivity index (χ3v) is 3.03. The van der Waals surface area contributed by atoms with Crippen LogP contribution in [0.4, 0.5) is 5.69 Å². The summed E-state index contributed by atoms with van der Waals surface area (Å²) in [4.78, 5) is 16.3. The van der Waals surface area contributed by atoms with Gasteiger partial charge in [0, 0.05) is 5.69 Å². The van der Waals surface area contributed by atoms with Gasteiger partial charge < -0.3 is 5.32 Å². The maximum absolute atomic E-state index is 12.1. The highest BCUT2D eigenvalue weighted by Crippen LogP contribution is 2.17. The smallest absolute Gasteiger partial charge is 0.293 e. The average molecular weight is 278 g/mol. The number of carbonyl (C=O) groups excluding carboxylic acids is 1. The van der Waals surface area contributed by atoms with Gasteiger partial charge in [-0.2, -0.15) is 0 Å². The van der Waals surface area contributed by atoms with Crippen LogP contribution in [0, 0.1) is 0 Å². The van der Waals surface area contributed by atoms with Crippen LogP contribution in [0.3, 0.4) is 0 Å². The van der Waals surface area contributed by atoms with Gasteiger partial charge in [-0.3, -0.25) is 4.79 Å². The first-order valence-electron chi connectivity index (χ1n) is 6.51. The number of guanidine groups is 1. The van der Waals surface area contributed by atoms with E-state index in [-0.39, 0.29) is 5.91 Å². The Morgan fingerprint density at radius 3 is 2.29 bits per heavy atom. The molecule has 104 valence electrons. The van der Waals surface area contributed by atoms with Gasteiger partial charge in [0.2, 0.25) is 5.96 Å². The SMILES string of the molecule is NN1C(=O)/C(=C\c2ccccc2)N=C1Nc1ccccc1. The topological polar surface area (TPSA) is 70.7 Å². The van der Waals surface area contributed by atoms with Crippen LogP contribution in [0.25, 0.3) is 6.08 Å². The molecule has 2 aromatic carbocycles. The van der Waals surface area contributed by atoms with Crippen LogP contribution in [0.1, 0.15) is 5.56 Å². The van der Waals surface area contributed by atoms with Crippen molar-refractivity contribution in [1.82, 2.24) is 5.01 Å². The fraction of sp³-hybridized carbons (Fsp3) is 0. The molecule has 0 bridgehead atoms. The number of nitrogens with two attached hydrogens (primary N) is 1. The number of hydrogen-bond acceptors (Lipinski definition) is 4. The average Bonchev–Trinajstić information content (AvgIpc) is 2.78. The van der Waals surface area contributed by atoms with Gasteiger partial charge in [-0.1, -0.05) is 48.5 Å². The first-order chi connectivity index (χ1) is 10.2. The van der Waals surface area contributed by atoms with Gasteiger partial charge >= 0.3 is 0 Å². The molecule has 0 unspecified atom stereocenters. The van der Waals surface area contributed by atoms with Crippen LogP contribution in [0.2, 0.25) is 0 Å². The monoisotopic (exact) mass is 278 g/mol. The summed E-state index contributed by atoms with van der Waals surface area (Å²) in [6.07, 6.45) is 1.71. The van der Waals surface area contributed by atoms with Crippen molar-refractivity contribution in [3.8, 4) is 0 Å². The van der Waals surface area contributed by atoms with E-state index >= 15 is 0 Å². The number of para-hydroxylation sites is 1. The largest absolute Gasteiger partial charge is 0.324 e. The van der Waals surface area contributed by atoms with Gasteiger partial charge in [0.1, 0.15) is 5.70 Å². The molecule has 1 aliphatic rings. The quantitative estimate of drug-likeness (QED) is 0.502. The van der Waals surface area contributed by atoms with Crippen LogP contribution in [-0.4, -0.2) is 16.9 Å². The predicted molar refractivity (Wildman–Crippen MR) is 83.0 cm³/mol. The number of benzene rings is 2. The van der Waals surface area contributed by atoms with Gasteiger partial charge in [-0.15, -0.1) is 0 Å². The molecule has 0 atom stereocenters. The summed E-state index contributed by atoms with van der Waals surface area (Å²) in [5.74, 6) is 5.74. The molecule has 2 aromatic rings. The molecule has 5 nitrogen and oxygen atoms in total. The number of nitrogens with one attached hydrogen (secondary N) is 1. The highest BCUT2D eigenvalue weighted by Gasteiger charge is 2.27. The molecule has 0 spiro atoms. The van der Waals surface area contributed by atoms with E-state index < -0.39 is 0 Å². The number of hydrogen-bond donors (Lipinski definition) is 2. The van der Waals surface area contributed by atoms with Gasteiger partial charge in [0.05, 0.1) is 0 Å². The third kappa shape index (κ3) is 2.82. The van der Waals surface area contributed by atoms with Gasteiger partial charge in [0.15, 0.2) is 0 Å². The third-order valence-electron chi connectivity index (χ3n) is 3.03. The number of aliphatic imine (C=N–C) groups is 1. The van der Waals surface area contributed by atoms with Crippen LogP contribution in [0.15, 0.2) is 71.4 Å². The molecule has 1 amide bonds. The summed E-state index contributed by atoms with van der Waals surface area (Å²) in [7, 11) is 0. The number of anilines is 1. The van der Waals surface area contributed by atoms with Crippen molar-refractivity contribution in [1.29, 1.82) is 0 Å². The van der Waals surface area contributed by atoms with E-state index in [2.05, 4.69) is 10.3 Å². The summed E-state index contributed by atoms with van der Waals surface area (Å²) in [5, 5.41) is 4.04.